The van der Waals surface area contributed by atoms with E-state index < -0.39 is 0 Å². The Kier molecular flexibility index (Phi) is 4.36. The highest BCUT2D eigenvalue weighted by molar-refractivity contribution is 5.30. The van der Waals surface area contributed by atoms with Gasteiger partial charge in [-0.05, 0) is 25.3 Å². The smallest absolute Gasteiger partial charge is 0.252 e. The fraction of sp³-hybridized carbons (Fsp3) is 0.692. The Hall–Kier alpha value is -1.36. The number of aromatic nitrogens is 2. The molecule has 2 rings (SSSR count). The van der Waals surface area contributed by atoms with Gasteiger partial charge >= 0.3 is 0 Å². The minimum atomic E-state index is -0.0483. The summed E-state index contributed by atoms with van der Waals surface area (Å²) in [7, 11) is 0. The van der Waals surface area contributed by atoms with Crippen LogP contribution >= 0.6 is 0 Å². The summed E-state index contributed by atoms with van der Waals surface area (Å²) in [5.74, 6) is 1.24. The molecule has 2 N–H and O–H groups in total. The molecule has 2 heterocycles. The Balaban J connectivity index is 2.20. The second-order valence-corrected chi connectivity index (χ2v) is 5.25. The van der Waals surface area contributed by atoms with Gasteiger partial charge in [0.1, 0.15) is 0 Å². The SMILES string of the molecule is CC(C)Cc1cc(=O)[nH]c(N2CCCNCC2)n1. The Morgan fingerprint density at radius 1 is 1.39 bits per heavy atom. The van der Waals surface area contributed by atoms with Crippen LogP contribution in [-0.4, -0.2) is 36.1 Å². The molecule has 0 bridgehead atoms. The zero-order chi connectivity index (χ0) is 13.0. The number of nitrogens with one attached hydrogen (secondary N) is 2. The molecule has 0 atom stereocenters. The van der Waals surface area contributed by atoms with Gasteiger partial charge in [-0.1, -0.05) is 13.8 Å². The number of H-pyrrole nitrogens is 1. The van der Waals surface area contributed by atoms with Crippen molar-refractivity contribution in [3.8, 4) is 0 Å². The van der Waals surface area contributed by atoms with Crippen molar-refractivity contribution in [1.29, 1.82) is 0 Å². The van der Waals surface area contributed by atoms with E-state index in [2.05, 4.69) is 34.0 Å². The first-order valence-electron chi connectivity index (χ1n) is 6.71. The van der Waals surface area contributed by atoms with Crippen LogP contribution in [0.15, 0.2) is 10.9 Å². The lowest BCUT2D eigenvalue weighted by Gasteiger charge is -2.20. The van der Waals surface area contributed by atoms with Gasteiger partial charge in [0, 0.05) is 25.7 Å². The molecule has 0 saturated carbocycles. The van der Waals surface area contributed by atoms with Crippen molar-refractivity contribution in [2.45, 2.75) is 26.7 Å². The molecule has 0 aromatic carbocycles. The van der Waals surface area contributed by atoms with Crippen molar-refractivity contribution in [1.82, 2.24) is 15.3 Å². The van der Waals surface area contributed by atoms with Gasteiger partial charge in [0.15, 0.2) is 0 Å². The molecule has 5 nitrogen and oxygen atoms in total. The predicted octanol–water partition coefficient (Wildman–Crippen LogP) is 0.768. The van der Waals surface area contributed by atoms with Crippen molar-refractivity contribution in [3.05, 3.63) is 22.1 Å². The van der Waals surface area contributed by atoms with E-state index >= 15 is 0 Å². The Morgan fingerprint density at radius 2 is 2.22 bits per heavy atom. The minimum Gasteiger partial charge on any atom is -0.341 e. The standard InChI is InChI=1S/C13H22N4O/c1-10(2)8-11-9-12(18)16-13(15-11)17-6-3-4-14-5-7-17/h9-10,14H,3-8H2,1-2H3,(H,15,16,18). The first-order valence-corrected chi connectivity index (χ1v) is 6.71. The van der Waals surface area contributed by atoms with E-state index in [1.54, 1.807) is 6.07 Å². The van der Waals surface area contributed by atoms with Crippen molar-refractivity contribution < 1.29 is 0 Å². The van der Waals surface area contributed by atoms with Crippen LogP contribution in [0.25, 0.3) is 0 Å². The molecular weight excluding hydrogens is 228 g/mol. The third-order valence-electron chi connectivity index (χ3n) is 3.04. The van der Waals surface area contributed by atoms with Crippen molar-refractivity contribution in [3.63, 3.8) is 0 Å². The van der Waals surface area contributed by atoms with Crippen molar-refractivity contribution in [2.75, 3.05) is 31.1 Å². The van der Waals surface area contributed by atoms with Gasteiger partial charge in [-0.2, -0.15) is 0 Å². The molecule has 0 amide bonds. The number of rotatable bonds is 3. The highest BCUT2D eigenvalue weighted by atomic mass is 16.1. The molecule has 0 unspecified atom stereocenters. The zero-order valence-electron chi connectivity index (χ0n) is 11.2. The highest BCUT2D eigenvalue weighted by Gasteiger charge is 2.13. The summed E-state index contributed by atoms with van der Waals surface area (Å²) in [5, 5.41) is 3.35. The second-order valence-electron chi connectivity index (χ2n) is 5.25. The first kappa shape index (κ1) is 13.1. The second kappa shape index (κ2) is 6.00. The molecule has 1 aliphatic heterocycles. The molecule has 1 aliphatic rings. The van der Waals surface area contributed by atoms with Crippen LogP contribution in [0, 0.1) is 5.92 Å². The van der Waals surface area contributed by atoms with Crippen molar-refractivity contribution in [2.24, 2.45) is 5.92 Å². The van der Waals surface area contributed by atoms with Gasteiger partial charge < -0.3 is 10.2 Å². The molecule has 1 aromatic heterocycles. The fourth-order valence-electron chi connectivity index (χ4n) is 2.22. The van der Waals surface area contributed by atoms with E-state index in [-0.39, 0.29) is 5.56 Å². The maximum Gasteiger partial charge on any atom is 0.252 e. The molecule has 0 radical (unpaired) electrons. The van der Waals surface area contributed by atoms with Gasteiger partial charge in [-0.25, -0.2) is 4.98 Å². The van der Waals surface area contributed by atoms with Gasteiger partial charge in [-0.3, -0.25) is 9.78 Å². The third kappa shape index (κ3) is 3.57. The molecule has 0 aliphatic carbocycles. The van der Waals surface area contributed by atoms with E-state index in [0.717, 1.165) is 50.7 Å². The van der Waals surface area contributed by atoms with Crippen LogP contribution < -0.4 is 15.8 Å². The zero-order valence-corrected chi connectivity index (χ0v) is 11.2. The van der Waals surface area contributed by atoms with E-state index in [9.17, 15) is 4.79 Å². The maximum absolute atomic E-state index is 11.7. The normalized spacial score (nSPS) is 16.9. The summed E-state index contributed by atoms with van der Waals surface area (Å²) in [6, 6.07) is 1.61. The Morgan fingerprint density at radius 3 is 3.00 bits per heavy atom. The highest BCUT2D eigenvalue weighted by Crippen LogP contribution is 2.10. The number of hydrogen-bond donors (Lipinski definition) is 2. The molecule has 100 valence electrons. The predicted molar refractivity (Wildman–Crippen MR) is 73.1 cm³/mol. The molecule has 0 spiro atoms. The topological polar surface area (TPSA) is 61.0 Å². The average molecular weight is 250 g/mol. The van der Waals surface area contributed by atoms with Crippen LogP contribution in [0.5, 0.6) is 0 Å². The minimum absolute atomic E-state index is 0.0483. The maximum atomic E-state index is 11.7. The van der Waals surface area contributed by atoms with Gasteiger partial charge in [-0.15, -0.1) is 0 Å². The molecular formula is C13H22N4O. The number of hydrogen-bond acceptors (Lipinski definition) is 4. The lowest BCUT2D eigenvalue weighted by atomic mass is 10.1. The summed E-state index contributed by atoms with van der Waals surface area (Å²) < 4.78 is 0. The molecule has 1 aromatic rings. The van der Waals surface area contributed by atoms with E-state index in [1.807, 2.05) is 0 Å². The number of nitrogens with zero attached hydrogens (tertiary/aromatic N) is 2. The van der Waals surface area contributed by atoms with E-state index in [0.29, 0.717) is 5.92 Å². The van der Waals surface area contributed by atoms with Gasteiger partial charge in [0.2, 0.25) is 5.95 Å². The van der Waals surface area contributed by atoms with Crippen LogP contribution in [0.4, 0.5) is 5.95 Å². The monoisotopic (exact) mass is 250 g/mol. The summed E-state index contributed by atoms with van der Waals surface area (Å²) in [6.07, 6.45) is 1.93. The Bertz CT molecular complexity index is 433. The molecule has 1 fully saturated rings. The van der Waals surface area contributed by atoms with Crippen LogP contribution in [-0.2, 0) is 6.42 Å². The molecule has 18 heavy (non-hydrogen) atoms. The largest absolute Gasteiger partial charge is 0.341 e. The van der Waals surface area contributed by atoms with Crippen molar-refractivity contribution >= 4 is 5.95 Å². The van der Waals surface area contributed by atoms with E-state index in [1.165, 1.54) is 0 Å². The summed E-state index contributed by atoms with van der Waals surface area (Å²) in [5.41, 5.74) is 0.841. The van der Waals surface area contributed by atoms with Crippen LogP contribution in [0.1, 0.15) is 26.0 Å². The Labute approximate surface area is 108 Å². The lowest BCUT2D eigenvalue weighted by molar-refractivity contribution is 0.630. The fourth-order valence-corrected chi connectivity index (χ4v) is 2.22. The van der Waals surface area contributed by atoms with Crippen LogP contribution in [0.3, 0.4) is 0 Å². The number of aromatic amines is 1. The third-order valence-corrected chi connectivity index (χ3v) is 3.04. The molecule has 5 heteroatoms. The van der Waals surface area contributed by atoms with Gasteiger partial charge in [0.05, 0.1) is 5.69 Å². The van der Waals surface area contributed by atoms with E-state index in [4.69, 9.17) is 0 Å². The average Bonchev–Trinajstić information content (AvgIpc) is 2.55. The van der Waals surface area contributed by atoms with Gasteiger partial charge in [0.25, 0.3) is 5.56 Å². The summed E-state index contributed by atoms with van der Waals surface area (Å²) >= 11 is 0. The first-order chi connectivity index (χ1) is 8.65. The lowest BCUT2D eigenvalue weighted by Crippen LogP contribution is -2.31. The summed E-state index contributed by atoms with van der Waals surface area (Å²) in [4.78, 5) is 21.3. The quantitative estimate of drug-likeness (QED) is 0.832. The summed E-state index contributed by atoms with van der Waals surface area (Å²) in [6.45, 7) is 8.09. The van der Waals surface area contributed by atoms with Crippen LogP contribution in [0.2, 0.25) is 0 Å². The number of anilines is 1. The molecule has 1 saturated heterocycles.